The Kier molecular flexibility index (Phi) is 3.15. The molecule has 0 spiro atoms. The first-order valence-electron chi connectivity index (χ1n) is 6.16. The maximum absolute atomic E-state index is 9.00. The molecule has 3 rings (SSSR count). The standard InChI is InChI=1S/C15H12N4O/c1-20-14(12-5-3-2-4-6-12)15-18-17-13-8-7-11(9-16)10-19(13)15/h2-8,10,14H,1H3. The van der Waals surface area contributed by atoms with E-state index < -0.39 is 0 Å². The highest BCUT2D eigenvalue weighted by Gasteiger charge is 2.19. The number of methoxy groups -OCH3 is 1. The van der Waals surface area contributed by atoms with Crippen LogP contribution in [0, 0.1) is 11.3 Å². The molecule has 2 aromatic heterocycles. The van der Waals surface area contributed by atoms with Gasteiger partial charge in [-0.25, -0.2) is 0 Å². The lowest BCUT2D eigenvalue weighted by Crippen LogP contribution is -2.08. The summed E-state index contributed by atoms with van der Waals surface area (Å²) in [5, 5.41) is 17.3. The summed E-state index contributed by atoms with van der Waals surface area (Å²) < 4.78 is 7.35. The fraction of sp³-hybridized carbons (Fsp3) is 0.133. The number of nitriles is 1. The van der Waals surface area contributed by atoms with E-state index in [9.17, 15) is 0 Å². The summed E-state index contributed by atoms with van der Waals surface area (Å²) in [4.78, 5) is 0. The molecule has 0 amide bonds. The Morgan fingerprint density at radius 2 is 1.95 bits per heavy atom. The van der Waals surface area contributed by atoms with Gasteiger partial charge in [0.1, 0.15) is 12.2 Å². The molecule has 5 nitrogen and oxygen atoms in total. The Bertz CT molecular complexity index is 773. The van der Waals surface area contributed by atoms with Gasteiger partial charge in [-0.1, -0.05) is 30.3 Å². The van der Waals surface area contributed by atoms with Gasteiger partial charge >= 0.3 is 0 Å². The zero-order valence-corrected chi connectivity index (χ0v) is 10.9. The summed E-state index contributed by atoms with van der Waals surface area (Å²) in [5.74, 6) is 0.658. The Morgan fingerprint density at radius 1 is 1.15 bits per heavy atom. The lowest BCUT2D eigenvalue weighted by atomic mass is 10.1. The Hall–Kier alpha value is -2.71. The summed E-state index contributed by atoms with van der Waals surface area (Å²) >= 11 is 0. The Labute approximate surface area is 116 Å². The van der Waals surface area contributed by atoms with E-state index in [0.29, 0.717) is 17.0 Å². The molecule has 1 unspecified atom stereocenters. The molecular formula is C15H12N4O. The van der Waals surface area contributed by atoms with Crippen LogP contribution in [0.1, 0.15) is 23.1 Å². The van der Waals surface area contributed by atoms with Crippen LogP contribution in [-0.2, 0) is 4.74 Å². The molecule has 98 valence electrons. The molecule has 0 aliphatic rings. The molecule has 20 heavy (non-hydrogen) atoms. The molecule has 0 N–H and O–H groups in total. The zero-order valence-electron chi connectivity index (χ0n) is 10.9. The molecule has 0 fully saturated rings. The fourth-order valence-electron chi connectivity index (χ4n) is 2.17. The molecule has 0 saturated carbocycles. The number of aromatic nitrogens is 3. The number of benzene rings is 1. The average Bonchev–Trinajstić information content (AvgIpc) is 2.92. The first-order valence-corrected chi connectivity index (χ1v) is 6.16. The normalized spacial score (nSPS) is 12.2. The summed E-state index contributed by atoms with van der Waals surface area (Å²) in [6.45, 7) is 0. The van der Waals surface area contributed by atoms with E-state index in [1.165, 1.54) is 0 Å². The van der Waals surface area contributed by atoms with Crippen LogP contribution >= 0.6 is 0 Å². The van der Waals surface area contributed by atoms with Crippen LogP contribution in [0.5, 0.6) is 0 Å². The molecule has 2 heterocycles. The second-order valence-corrected chi connectivity index (χ2v) is 4.34. The van der Waals surface area contributed by atoms with Crippen molar-refractivity contribution in [2.75, 3.05) is 7.11 Å². The van der Waals surface area contributed by atoms with E-state index in [1.54, 1.807) is 29.8 Å². The van der Waals surface area contributed by atoms with Gasteiger partial charge in [0.15, 0.2) is 11.5 Å². The maximum Gasteiger partial charge on any atom is 0.171 e. The predicted molar refractivity (Wildman–Crippen MR) is 73.0 cm³/mol. The SMILES string of the molecule is COC(c1ccccc1)c1nnc2ccc(C#N)cn12. The lowest BCUT2D eigenvalue weighted by Gasteiger charge is -2.13. The second-order valence-electron chi connectivity index (χ2n) is 4.34. The molecule has 0 aliphatic carbocycles. The molecule has 0 saturated heterocycles. The number of hydrogen-bond donors (Lipinski definition) is 0. The summed E-state index contributed by atoms with van der Waals surface area (Å²) in [7, 11) is 1.63. The summed E-state index contributed by atoms with van der Waals surface area (Å²) in [6.07, 6.45) is 1.40. The summed E-state index contributed by atoms with van der Waals surface area (Å²) in [6, 6.07) is 15.4. The van der Waals surface area contributed by atoms with E-state index in [-0.39, 0.29) is 6.10 Å². The van der Waals surface area contributed by atoms with E-state index in [2.05, 4.69) is 16.3 Å². The molecule has 5 heteroatoms. The molecule has 1 atom stereocenters. The maximum atomic E-state index is 9.00. The van der Waals surface area contributed by atoms with Crippen molar-refractivity contribution >= 4 is 5.65 Å². The average molecular weight is 264 g/mol. The van der Waals surface area contributed by atoms with Crippen LogP contribution in [0.4, 0.5) is 0 Å². The third-order valence-electron chi connectivity index (χ3n) is 3.13. The zero-order chi connectivity index (χ0) is 13.9. The molecular weight excluding hydrogens is 252 g/mol. The topological polar surface area (TPSA) is 63.2 Å². The quantitative estimate of drug-likeness (QED) is 0.728. The smallest absolute Gasteiger partial charge is 0.171 e. The minimum Gasteiger partial charge on any atom is -0.369 e. The van der Waals surface area contributed by atoms with Gasteiger partial charge < -0.3 is 4.74 Å². The number of rotatable bonds is 3. The van der Waals surface area contributed by atoms with Crippen LogP contribution in [0.2, 0.25) is 0 Å². The predicted octanol–water partition coefficient (Wildman–Crippen LogP) is 2.34. The van der Waals surface area contributed by atoms with Crippen LogP contribution in [0.3, 0.4) is 0 Å². The van der Waals surface area contributed by atoms with Gasteiger partial charge in [0.25, 0.3) is 0 Å². The first kappa shape index (κ1) is 12.3. The molecule has 0 bridgehead atoms. The lowest BCUT2D eigenvalue weighted by molar-refractivity contribution is 0.128. The van der Waals surface area contributed by atoms with Crippen LogP contribution in [0.15, 0.2) is 48.7 Å². The third kappa shape index (κ3) is 2.02. The van der Waals surface area contributed by atoms with E-state index >= 15 is 0 Å². The van der Waals surface area contributed by atoms with Crippen molar-refractivity contribution in [1.29, 1.82) is 5.26 Å². The number of fused-ring (bicyclic) bond motifs is 1. The number of nitrogens with zero attached hydrogens (tertiary/aromatic N) is 4. The fourth-order valence-corrected chi connectivity index (χ4v) is 2.17. The van der Waals surface area contributed by atoms with Crippen molar-refractivity contribution in [3.05, 3.63) is 65.6 Å². The minimum atomic E-state index is -0.319. The minimum absolute atomic E-state index is 0.319. The Morgan fingerprint density at radius 3 is 2.65 bits per heavy atom. The number of pyridine rings is 1. The van der Waals surface area contributed by atoms with E-state index in [0.717, 1.165) is 5.56 Å². The van der Waals surface area contributed by atoms with Gasteiger partial charge in [-0.05, 0) is 17.7 Å². The molecule has 1 aromatic carbocycles. The third-order valence-corrected chi connectivity index (χ3v) is 3.13. The largest absolute Gasteiger partial charge is 0.369 e. The van der Waals surface area contributed by atoms with Gasteiger partial charge in [-0.2, -0.15) is 5.26 Å². The molecule has 0 aliphatic heterocycles. The van der Waals surface area contributed by atoms with Crippen LogP contribution in [0.25, 0.3) is 5.65 Å². The van der Waals surface area contributed by atoms with E-state index in [4.69, 9.17) is 10.00 Å². The highest BCUT2D eigenvalue weighted by Crippen LogP contribution is 2.24. The van der Waals surface area contributed by atoms with Crippen molar-refractivity contribution in [1.82, 2.24) is 14.6 Å². The highest BCUT2D eigenvalue weighted by molar-refractivity contribution is 5.43. The molecule has 3 aromatic rings. The van der Waals surface area contributed by atoms with Gasteiger partial charge in [0.05, 0.1) is 5.56 Å². The van der Waals surface area contributed by atoms with E-state index in [1.807, 2.05) is 30.3 Å². The Balaban J connectivity index is 2.15. The monoisotopic (exact) mass is 264 g/mol. The van der Waals surface area contributed by atoms with Crippen molar-refractivity contribution < 1.29 is 4.74 Å². The van der Waals surface area contributed by atoms with Crippen molar-refractivity contribution in [2.24, 2.45) is 0 Å². The van der Waals surface area contributed by atoms with Gasteiger partial charge in [-0.3, -0.25) is 4.40 Å². The molecule has 0 radical (unpaired) electrons. The van der Waals surface area contributed by atoms with Gasteiger partial charge in [-0.15, -0.1) is 10.2 Å². The van der Waals surface area contributed by atoms with Crippen molar-refractivity contribution in [3.8, 4) is 6.07 Å². The number of ether oxygens (including phenoxy) is 1. The van der Waals surface area contributed by atoms with Crippen molar-refractivity contribution in [2.45, 2.75) is 6.10 Å². The highest BCUT2D eigenvalue weighted by atomic mass is 16.5. The summed E-state index contributed by atoms with van der Waals surface area (Å²) in [5.41, 5.74) is 2.24. The second kappa shape index (κ2) is 5.11. The van der Waals surface area contributed by atoms with Crippen molar-refractivity contribution in [3.63, 3.8) is 0 Å². The number of hydrogen-bond acceptors (Lipinski definition) is 4. The van der Waals surface area contributed by atoms with Gasteiger partial charge in [0, 0.05) is 13.3 Å². The first-order chi connectivity index (χ1) is 9.83. The van der Waals surface area contributed by atoms with Crippen LogP contribution < -0.4 is 0 Å². The van der Waals surface area contributed by atoms with Gasteiger partial charge in [0.2, 0.25) is 0 Å². The van der Waals surface area contributed by atoms with Crippen LogP contribution in [-0.4, -0.2) is 21.7 Å².